The molecule has 0 unspecified atom stereocenters. The van der Waals surface area contributed by atoms with Gasteiger partial charge in [-0.1, -0.05) is 41.4 Å². The van der Waals surface area contributed by atoms with Crippen molar-refractivity contribution in [2.45, 2.75) is 13.5 Å². The van der Waals surface area contributed by atoms with E-state index >= 15 is 0 Å². The maximum atomic E-state index is 5.87. The van der Waals surface area contributed by atoms with E-state index < -0.39 is 0 Å². The molecule has 110 valence electrons. The second kappa shape index (κ2) is 7.19. The van der Waals surface area contributed by atoms with E-state index in [1.54, 1.807) is 0 Å². The Morgan fingerprint density at radius 3 is 2.67 bits per heavy atom. The number of nitrogens with one attached hydrogen (secondary N) is 2. The molecule has 2 rings (SSSR count). The highest BCUT2D eigenvalue weighted by atomic mass is 35.5. The van der Waals surface area contributed by atoms with E-state index in [0.717, 1.165) is 5.56 Å². The van der Waals surface area contributed by atoms with Crippen molar-refractivity contribution >= 4 is 34.9 Å². The highest BCUT2D eigenvalue weighted by Gasteiger charge is 2.05. The van der Waals surface area contributed by atoms with Crippen molar-refractivity contribution in [3.63, 3.8) is 0 Å². The number of anilines is 1. The van der Waals surface area contributed by atoms with Crippen LogP contribution < -0.4 is 15.4 Å². The Hall–Kier alpha value is -1.92. The summed E-state index contributed by atoms with van der Waals surface area (Å²) in [6.07, 6.45) is 0. The van der Waals surface area contributed by atoms with Gasteiger partial charge in [-0.15, -0.1) is 0 Å². The molecule has 2 N–H and O–H groups in total. The number of nitrogens with zero attached hydrogens (tertiary/aromatic N) is 2. The molecule has 0 bridgehead atoms. The van der Waals surface area contributed by atoms with Gasteiger partial charge < -0.3 is 15.4 Å². The maximum Gasteiger partial charge on any atom is 0.233 e. The minimum Gasteiger partial charge on any atom is -0.481 e. The van der Waals surface area contributed by atoms with E-state index in [-0.39, 0.29) is 5.15 Å². The lowest BCUT2D eigenvalue weighted by atomic mass is 10.1. The zero-order valence-corrected chi connectivity index (χ0v) is 13.3. The minimum absolute atomic E-state index is 0.283. The van der Waals surface area contributed by atoms with Crippen LogP contribution >= 0.6 is 23.8 Å². The molecule has 21 heavy (non-hydrogen) atoms. The van der Waals surface area contributed by atoms with Gasteiger partial charge >= 0.3 is 0 Å². The number of thiocarbonyl (C=S) groups is 1. The van der Waals surface area contributed by atoms with Crippen molar-refractivity contribution < 1.29 is 4.74 Å². The minimum atomic E-state index is 0.283. The van der Waals surface area contributed by atoms with Crippen LogP contribution in [0.1, 0.15) is 11.1 Å². The van der Waals surface area contributed by atoms with E-state index in [9.17, 15) is 0 Å². The van der Waals surface area contributed by atoms with Crippen molar-refractivity contribution in [3.05, 3.63) is 46.6 Å². The van der Waals surface area contributed by atoms with E-state index in [1.165, 1.54) is 18.7 Å². The van der Waals surface area contributed by atoms with Gasteiger partial charge in [0.15, 0.2) is 5.11 Å². The number of hydrogen-bond donors (Lipinski definition) is 2. The van der Waals surface area contributed by atoms with Gasteiger partial charge in [0.25, 0.3) is 0 Å². The molecule has 0 atom stereocenters. The van der Waals surface area contributed by atoms with Gasteiger partial charge in [0.2, 0.25) is 11.8 Å². The van der Waals surface area contributed by atoms with Gasteiger partial charge in [-0.2, -0.15) is 4.98 Å². The number of halogens is 1. The highest BCUT2D eigenvalue weighted by molar-refractivity contribution is 7.80. The molecular formula is C14H15ClN4OS. The quantitative estimate of drug-likeness (QED) is 0.666. The topological polar surface area (TPSA) is 59.1 Å². The van der Waals surface area contributed by atoms with Gasteiger partial charge in [-0.05, 0) is 24.7 Å². The third-order valence-electron chi connectivity index (χ3n) is 2.68. The first-order valence-electron chi connectivity index (χ1n) is 6.26. The molecule has 1 heterocycles. The molecule has 0 fully saturated rings. The Morgan fingerprint density at radius 1 is 1.29 bits per heavy atom. The Labute approximate surface area is 133 Å². The summed E-state index contributed by atoms with van der Waals surface area (Å²) in [5, 5.41) is 6.65. The number of ether oxygens (including phenoxy) is 1. The highest BCUT2D eigenvalue weighted by Crippen LogP contribution is 2.15. The fourth-order valence-corrected chi connectivity index (χ4v) is 1.93. The standard InChI is InChI=1S/C14H15ClN4OS/c1-9-3-5-10(6-4-9)8-16-14(21)19-13-17-11(15)7-12(18-13)20-2/h3-7H,8H2,1-2H3,(H2,16,17,18,19,21). The Balaban J connectivity index is 1.92. The van der Waals surface area contributed by atoms with Crippen molar-refractivity contribution in [2.24, 2.45) is 0 Å². The van der Waals surface area contributed by atoms with E-state index in [2.05, 4.69) is 32.7 Å². The molecule has 1 aromatic heterocycles. The normalized spacial score (nSPS) is 10.0. The van der Waals surface area contributed by atoms with Crippen LogP contribution in [-0.2, 0) is 6.54 Å². The van der Waals surface area contributed by atoms with Gasteiger partial charge in [0.05, 0.1) is 7.11 Å². The summed E-state index contributed by atoms with van der Waals surface area (Å²) < 4.78 is 5.02. The van der Waals surface area contributed by atoms with Gasteiger partial charge in [-0.3, -0.25) is 0 Å². The molecule has 0 radical (unpaired) electrons. The molecule has 0 amide bonds. The number of benzene rings is 1. The van der Waals surface area contributed by atoms with E-state index in [4.69, 9.17) is 28.6 Å². The van der Waals surface area contributed by atoms with Crippen molar-refractivity contribution in [1.82, 2.24) is 15.3 Å². The molecule has 5 nitrogen and oxygen atoms in total. The van der Waals surface area contributed by atoms with Crippen LogP contribution in [0.3, 0.4) is 0 Å². The van der Waals surface area contributed by atoms with E-state index in [0.29, 0.717) is 23.5 Å². The van der Waals surface area contributed by atoms with Crippen LogP contribution in [0.2, 0.25) is 5.15 Å². The zero-order chi connectivity index (χ0) is 15.2. The number of aromatic nitrogens is 2. The third kappa shape index (κ3) is 4.84. The molecule has 0 spiro atoms. The first kappa shape index (κ1) is 15.5. The summed E-state index contributed by atoms with van der Waals surface area (Å²) >= 11 is 11.1. The molecule has 0 aliphatic rings. The maximum absolute atomic E-state index is 5.87. The van der Waals surface area contributed by atoms with Crippen molar-refractivity contribution in [2.75, 3.05) is 12.4 Å². The van der Waals surface area contributed by atoms with Crippen molar-refractivity contribution in [3.8, 4) is 5.88 Å². The number of methoxy groups -OCH3 is 1. The number of hydrogen-bond acceptors (Lipinski definition) is 4. The predicted molar refractivity (Wildman–Crippen MR) is 87.8 cm³/mol. The number of aryl methyl sites for hydroxylation is 1. The number of rotatable bonds is 4. The molecule has 0 saturated heterocycles. The molecular weight excluding hydrogens is 308 g/mol. The monoisotopic (exact) mass is 322 g/mol. The summed E-state index contributed by atoms with van der Waals surface area (Å²) in [6, 6.07) is 9.72. The molecule has 0 aliphatic carbocycles. The zero-order valence-electron chi connectivity index (χ0n) is 11.7. The Bertz CT molecular complexity index is 633. The van der Waals surface area contributed by atoms with Crippen LogP contribution in [0.15, 0.2) is 30.3 Å². The lowest BCUT2D eigenvalue weighted by molar-refractivity contribution is 0.397. The average Bonchev–Trinajstić information content (AvgIpc) is 2.46. The molecule has 2 aromatic rings. The fourth-order valence-electron chi connectivity index (χ4n) is 1.59. The molecule has 1 aromatic carbocycles. The average molecular weight is 323 g/mol. The molecule has 7 heteroatoms. The molecule has 0 aliphatic heterocycles. The summed E-state index contributed by atoms with van der Waals surface area (Å²) in [4.78, 5) is 8.13. The summed E-state index contributed by atoms with van der Waals surface area (Å²) in [5.41, 5.74) is 2.35. The third-order valence-corrected chi connectivity index (χ3v) is 3.12. The second-order valence-corrected chi connectivity index (χ2v) is 5.15. The van der Waals surface area contributed by atoms with Crippen LogP contribution in [0, 0.1) is 6.92 Å². The molecule has 0 saturated carbocycles. The van der Waals surface area contributed by atoms with Crippen LogP contribution in [0.25, 0.3) is 0 Å². The summed E-state index contributed by atoms with van der Waals surface area (Å²) in [7, 11) is 1.51. The van der Waals surface area contributed by atoms with Crippen molar-refractivity contribution in [1.29, 1.82) is 0 Å². The van der Waals surface area contributed by atoms with Gasteiger partial charge in [0.1, 0.15) is 5.15 Å². The van der Waals surface area contributed by atoms with Gasteiger partial charge in [0, 0.05) is 12.6 Å². The lowest BCUT2D eigenvalue weighted by Crippen LogP contribution is -2.28. The Morgan fingerprint density at radius 2 is 2.00 bits per heavy atom. The van der Waals surface area contributed by atoms with Gasteiger partial charge in [-0.25, -0.2) is 4.98 Å². The summed E-state index contributed by atoms with van der Waals surface area (Å²) in [6.45, 7) is 2.66. The fraction of sp³-hybridized carbons (Fsp3) is 0.214. The lowest BCUT2D eigenvalue weighted by Gasteiger charge is -2.10. The van der Waals surface area contributed by atoms with E-state index in [1.807, 2.05) is 19.1 Å². The SMILES string of the molecule is COc1cc(Cl)nc(NC(=S)NCc2ccc(C)cc2)n1. The predicted octanol–water partition coefficient (Wildman–Crippen LogP) is 2.93. The van der Waals surface area contributed by atoms with Crippen LogP contribution in [-0.4, -0.2) is 22.2 Å². The Kier molecular flexibility index (Phi) is 5.30. The smallest absolute Gasteiger partial charge is 0.233 e. The first-order chi connectivity index (χ1) is 10.1. The first-order valence-corrected chi connectivity index (χ1v) is 7.04. The van der Waals surface area contributed by atoms with Crippen LogP contribution in [0.5, 0.6) is 5.88 Å². The van der Waals surface area contributed by atoms with Crippen LogP contribution in [0.4, 0.5) is 5.95 Å². The largest absolute Gasteiger partial charge is 0.481 e. The summed E-state index contributed by atoms with van der Waals surface area (Å²) in [5.74, 6) is 0.666. The second-order valence-electron chi connectivity index (χ2n) is 4.35.